The van der Waals surface area contributed by atoms with Gasteiger partial charge in [-0.1, -0.05) is 23.8 Å². The number of hydrogen-bond acceptors (Lipinski definition) is 2. The number of aliphatic hydroxyl groups is 1. The summed E-state index contributed by atoms with van der Waals surface area (Å²) in [6.45, 7) is 6.20. The molecule has 0 aliphatic carbocycles. The van der Waals surface area contributed by atoms with Gasteiger partial charge in [0.1, 0.15) is 5.75 Å². The second-order valence-electron chi connectivity index (χ2n) is 5.50. The summed E-state index contributed by atoms with van der Waals surface area (Å²) in [5.74, 6) is 0.802. The van der Waals surface area contributed by atoms with E-state index < -0.39 is 6.10 Å². The predicted molar refractivity (Wildman–Crippen MR) is 90.0 cm³/mol. The van der Waals surface area contributed by atoms with E-state index in [1.165, 1.54) is 5.56 Å². The quantitative estimate of drug-likeness (QED) is 0.870. The first-order valence-electron chi connectivity index (χ1n) is 7.00. The molecule has 3 heteroatoms. The number of benzene rings is 2. The highest BCUT2D eigenvalue weighted by atomic mass is 79.9. The summed E-state index contributed by atoms with van der Waals surface area (Å²) >= 11 is 3.49. The molecule has 0 aliphatic heterocycles. The summed E-state index contributed by atoms with van der Waals surface area (Å²) in [7, 11) is 1.65. The lowest BCUT2D eigenvalue weighted by molar-refractivity contribution is 0.177. The van der Waals surface area contributed by atoms with Gasteiger partial charge in [0.05, 0.1) is 17.7 Å². The van der Waals surface area contributed by atoms with Gasteiger partial charge >= 0.3 is 0 Å². The van der Waals surface area contributed by atoms with Gasteiger partial charge in [-0.25, -0.2) is 0 Å². The fourth-order valence-electron chi connectivity index (χ4n) is 2.88. The van der Waals surface area contributed by atoms with Crippen LogP contribution in [0.25, 0.3) is 0 Å². The van der Waals surface area contributed by atoms with Gasteiger partial charge in [-0.2, -0.15) is 0 Å². The van der Waals surface area contributed by atoms with Crippen molar-refractivity contribution in [3.63, 3.8) is 0 Å². The van der Waals surface area contributed by atoms with Gasteiger partial charge in [0.2, 0.25) is 0 Å². The standard InChI is InChI=1S/C18H21BrO2/c1-11-7-12(2)18(13(3)8-11)16(20)10-14-5-6-17(21-4)15(19)9-14/h5-9,16,20H,10H2,1-4H3. The summed E-state index contributed by atoms with van der Waals surface area (Å²) in [6, 6.07) is 10.2. The van der Waals surface area contributed by atoms with Crippen molar-refractivity contribution in [2.75, 3.05) is 7.11 Å². The first kappa shape index (κ1) is 16.1. The zero-order chi connectivity index (χ0) is 15.6. The smallest absolute Gasteiger partial charge is 0.133 e. The number of ether oxygens (including phenoxy) is 1. The van der Waals surface area contributed by atoms with Crippen LogP contribution in [-0.2, 0) is 6.42 Å². The van der Waals surface area contributed by atoms with Crippen LogP contribution in [0.2, 0.25) is 0 Å². The van der Waals surface area contributed by atoms with Gasteiger partial charge < -0.3 is 9.84 Å². The van der Waals surface area contributed by atoms with E-state index in [0.717, 1.165) is 32.5 Å². The molecule has 0 bridgehead atoms. The fraction of sp³-hybridized carbons (Fsp3) is 0.333. The molecule has 112 valence electrons. The molecular formula is C18H21BrO2. The highest BCUT2D eigenvalue weighted by Crippen LogP contribution is 2.30. The van der Waals surface area contributed by atoms with Crippen molar-refractivity contribution >= 4 is 15.9 Å². The number of halogens is 1. The molecule has 0 aromatic heterocycles. The third-order valence-electron chi connectivity index (χ3n) is 3.72. The summed E-state index contributed by atoms with van der Waals surface area (Å²) in [4.78, 5) is 0. The monoisotopic (exact) mass is 348 g/mol. The van der Waals surface area contributed by atoms with Crippen LogP contribution < -0.4 is 4.74 Å². The van der Waals surface area contributed by atoms with Gasteiger partial charge in [0.15, 0.2) is 0 Å². The van der Waals surface area contributed by atoms with Gasteiger partial charge in [0.25, 0.3) is 0 Å². The second-order valence-corrected chi connectivity index (χ2v) is 6.36. The van der Waals surface area contributed by atoms with E-state index in [2.05, 4.69) is 48.8 Å². The Morgan fingerprint density at radius 1 is 1.10 bits per heavy atom. The fourth-order valence-corrected chi connectivity index (χ4v) is 3.47. The number of aryl methyl sites for hydroxylation is 3. The van der Waals surface area contributed by atoms with Crippen molar-refractivity contribution in [1.29, 1.82) is 0 Å². The average molecular weight is 349 g/mol. The molecular weight excluding hydrogens is 328 g/mol. The number of hydrogen-bond donors (Lipinski definition) is 1. The van der Waals surface area contributed by atoms with Gasteiger partial charge in [-0.05, 0) is 71.1 Å². The summed E-state index contributed by atoms with van der Waals surface area (Å²) < 4.78 is 6.14. The zero-order valence-electron chi connectivity index (χ0n) is 12.9. The number of methoxy groups -OCH3 is 1. The Hall–Kier alpha value is -1.32. The Labute approximate surface area is 134 Å². The topological polar surface area (TPSA) is 29.5 Å². The van der Waals surface area contributed by atoms with E-state index >= 15 is 0 Å². The third kappa shape index (κ3) is 3.66. The Kier molecular flexibility index (Phi) is 5.07. The molecule has 0 saturated heterocycles. The van der Waals surface area contributed by atoms with E-state index in [1.54, 1.807) is 7.11 Å². The van der Waals surface area contributed by atoms with Crippen LogP contribution in [0.3, 0.4) is 0 Å². The molecule has 2 aromatic carbocycles. The molecule has 21 heavy (non-hydrogen) atoms. The Morgan fingerprint density at radius 3 is 2.24 bits per heavy atom. The minimum Gasteiger partial charge on any atom is -0.496 e. The molecule has 0 radical (unpaired) electrons. The van der Waals surface area contributed by atoms with Crippen LogP contribution in [0, 0.1) is 20.8 Å². The molecule has 1 N–H and O–H groups in total. The lowest BCUT2D eigenvalue weighted by Crippen LogP contribution is -2.07. The van der Waals surface area contributed by atoms with Crippen LogP contribution in [0.5, 0.6) is 5.75 Å². The lowest BCUT2D eigenvalue weighted by Gasteiger charge is -2.18. The van der Waals surface area contributed by atoms with Crippen molar-refractivity contribution in [2.24, 2.45) is 0 Å². The maximum atomic E-state index is 10.6. The lowest BCUT2D eigenvalue weighted by atomic mass is 9.92. The van der Waals surface area contributed by atoms with Crippen molar-refractivity contribution in [3.05, 3.63) is 62.6 Å². The summed E-state index contributed by atoms with van der Waals surface area (Å²) in [5, 5.41) is 10.6. The molecule has 1 unspecified atom stereocenters. The minimum absolute atomic E-state index is 0.495. The molecule has 0 fully saturated rings. The molecule has 0 spiro atoms. The molecule has 0 amide bonds. The zero-order valence-corrected chi connectivity index (χ0v) is 14.5. The van der Waals surface area contributed by atoms with Crippen molar-refractivity contribution in [1.82, 2.24) is 0 Å². The molecule has 0 saturated carbocycles. The summed E-state index contributed by atoms with van der Waals surface area (Å²) in [5.41, 5.74) is 5.63. The number of rotatable bonds is 4. The first-order chi connectivity index (χ1) is 9.92. The van der Waals surface area contributed by atoms with Crippen molar-refractivity contribution in [2.45, 2.75) is 33.3 Å². The molecule has 2 nitrogen and oxygen atoms in total. The third-order valence-corrected chi connectivity index (χ3v) is 4.34. The van der Waals surface area contributed by atoms with Gasteiger partial charge in [0, 0.05) is 6.42 Å². The van der Waals surface area contributed by atoms with Crippen LogP contribution in [0.15, 0.2) is 34.8 Å². The van der Waals surface area contributed by atoms with Crippen LogP contribution in [-0.4, -0.2) is 12.2 Å². The van der Waals surface area contributed by atoms with Gasteiger partial charge in [-0.15, -0.1) is 0 Å². The normalized spacial score (nSPS) is 12.3. The maximum absolute atomic E-state index is 10.6. The largest absolute Gasteiger partial charge is 0.496 e. The van der Waals surface area contributed by atoms with Gasteiger partial charge in [-0.3, -0.25) is 0 Å². The molecule has 0 heterocycles. The van der Waals surface area contributed by atoms with Crippen LogP contribution in [0.4, 0.5) is 0 Å². The Bertz CT molecular complexity index is 627. The molecule has 2 rings (SSSR count). The highest BCUT2D eigenvalue weighted by molar-refractivity contribution is 9.10. The molecule has 2 aromatic rings. The van der Waals surface area contributed by atoms with E-state index in [-0.39, 0.29) is 0 Å². The van der Waals surface area contributed by atoms with E-state index in [1.807, 2.05) is 18.2 Å². The van der Waals surface area contributed by atoms with Crippen LogP contribution >= 0.6 is 15.9 Å². The maximum Gasteiger partial charge on any atom is 0.133 e. The van der Waals surface area contributed by atoms with Crippen LogP contribution in [0.1, 0.15) is 33.9 Å². The average Bonchev–Trinajstić information content (AvgIpc) is 2.37. The summed E-state index contributed by atoms with van der Waals surface area (Å²) in [6.07, 6.45) is 0.0961. The molecule has 1 atom stereocenters. The van der Waals surface area contributed by atoms with Crippen molar-refractivity contribution < 1.29 is 9.84 Å². The Morgan fingerprint density at radius 2 is 1.71 bits per heavy atom. The first-order valence-corrected chi connectivity index (χ1v) is 7.80. The van der Waals surface area contributed by atoms with E-state index in [4.69, 9.17) is 4.74 Å². The van der Waals surface area contributed by atoms with E-state index in [0.29, 0.717) is 6.42 Å². The SMILES string of the molecule is COc1ccc(CC(O)c2c(C)cc(C)cc2C)cc1Br. The predicted octanol–water partition coefficient (Wildman–Crippen LogP) is 4.66. The molecule has 0 aliphatic rings. The highest BCUT2D eigenvalue weighted by Gasteiger charge is 2.15. The second kappa shape index (κ2) is 6.63. The Balaban J connectivity index is 2.26. The minimum atomic E-state index is -0.495. The number of aliphatic hydroxyl groups excluding tert-OH is 1. The van der Waals surface area contributed by atoms with Crippen molar-refractivity contribution in [3.8, 4) is 5.75 Å². The van der Waals surface area contributed by atoms with E-state index in [9.17, 15) is 5.11 Å².